The van der Waals surface area contributed by atoms with Gasteiger partial charge in [-0.2, -0.15) is 24.3 Å². The van der Waals surface area contributed by atoms with E-state index < -0.39 is 0 Å². The van der Waals surface area contributed by atoms with Gasteiger partial charge in [-0.1, -0.05) is 36.4 Å². The molecular formula is C72H52N10O2Pt2. The van der Waals surface area contributed by atoms with Crippen molar-refractivity contribution < 1.29 is 51.6 Å². The number of para-hydroxylation sites is 4. The van der Waals surface area contributed by atoms with E-state index in [1.165, 1.54) is 22.3 Å². The summed E-state index contributed by atoms with van der Waals surface area (Å²) in [6.45, 7) is 16.9. The van der Waals surface area contributed by atoms with Crippen LogP contribution in [0.4, 0.5) is 91.3 Å². The Hall–Kier alpha value is -9.34. The van der Waals surface area contributed by atoms with Gasteiger partial charge in [0.15, 0.2) is 0 Å². The molecular weight excluding hydrogens is 1430 g/mol. The van der Waals surface area contributed by atoms with Gasteiger partial charge >= 0.3 is 42.1 Å². The number of aromatic nitrogens is 2. The third-order valence-corrected chi connectivity index (χ3v) is 15.6. The van der Waals surface area contributed by atoms with Crippen LogP contribution in [0.15, 0.2) is 219 Å². The van der Waals surface area contributed by atoms with Gasteiger partial charge in [0.25, 0.3) is 0 Å². The van der Waals surface area contributed by atoms with Gasteiger partial charge in [-0.15, -0.1) is 122 Å². The van der Waals surface area contributed by atoms with Crippen LogP contribution in [0.2, 0.25) is 0 Å². The first-order valence-corrected chi connectivity index (χ1v) is 27.8. The minimum Gasteiger partial charge on any atom is -0.509 e. The predicted octanol–water partition coefficient (Wildman–Crippen LogP) is 18.1. The summed E-state index contributed by atoms with van der Waals surface area (Å²) in [5, 5.41) is 0. The quantitative estimate of drug-likeness (QED) is 0.109. The molecule has 0 saturated carbocycles. The van der Waals surface area contributed by atoms with E-state index >= 15 is 0 Å². The van der Waals surface area contributed by atoms with E-state index in [0.29, 0.717) is 23.0 Å². The molecule has 4 aliphatic heterocycles. The van der Waals surface area contributed by atoms with Gasteiger partial charge in [0.05, 0.1) is 0 Å². The summed E-state index contributed by atoms with van der Waals surface area (Å²) in [4.78, 5) is 26.6. The van der Waals surface area contributed by atoms with Crippen LogP contribution in [0.5, 0.6) is 23.0 Å². The number of nitrogens with zero attached hydrogens (tertiary/aromatic N) is 10. The molecule has 0 fully saturated rings. The van der Waals surface area contributed by atoms with Crippen molar-refractivity contribution in [3.05, 3.63) is 292 Å². The number of fused-ring (bicyclic) bond motifs is 4. The SMILES string of the molecule is Cc1cc2c(cc1C)N(c1ccccn1)[CH-]N2c1[c-]c(Oc2[c-]c(N3[CH-]N(c4ccc(N5[CH-]N(c6[c-]c(Oc7[c-]c(N8[CH-]N(c9ccccn9)c9cc(C)c(C)cc98)ccc7)ccc6)c6ccccc65)cc4)c4ccccc43)ccc2)ccc1.[Pt+4].[Pt+4]. The van der Waals surface area contributed by atoms with E-state index in [-0.39, 0.29) is 42.1 Å². The smallest absolute Gasteiger partial charge is 0.509 e. The minimum atomic E-state index is 0. The van der Waals surface area contributed by atoms with Crippen molar-refractivity contribution in [2.24, 2.45) is 0 Å². The Bertz CT molecular complexity index is 4030. The van der Waals surface area contributed by atoms with Crippen LogP contribution in [-0.4, -0.2) is 9.97 Å². The second-order valence-corrected chi connectivity index (χ2v) is 20.9. The first-order chi connectivity index (χ1) is 41.2. The third kappa shape index (κ3) is 10.3. The van der Waals surface area contributed by atoms with Gasteiger partial charge < -0.3 is 48.7 Å². The van der Waals surface area contributed by atoms with Crippen molar-refractivity contribution in [3.63, 3.8) is 0 Å². The van der Waals surface area contributed by atoms with Crippen LogP contribution in [0, 0.1) is 78.6 Å². The average Bonchev–Trinajstić information content (AvgIpc) is 2.27. The number of rotatable bonds is 12. The molecule has 0 bridgehead atoms. The van der Waals surface area contributed by atoms with Crippen LogP contribution < -0.4 is 48.7 Å². The van der Waals surface area contributed by atoms with Crippen LogP contribution in [0.3, 0.4) is 0 Å². The molecule has 6 heterocycles. The van der Waals surface area contributed by atoms with Gasteiger partial charge in [0, 0.05) is 92.3 Å². The number of pyridine rings is 2. The van der Waals surface area contributed by atoms with Crippen LogP contribution in [0.1, 0.15) is 22.3 Å². The Morgan fingerprint density at radius 1 is 0.291 bits per heavy atom. The molecule has 86 heavy (non-hydrogen) atoms. The first kappa shape index (κ1) is 55.8. The molecule has 0 N–H and O–H groups in total. The number of ether oxygens (including phenoxy) is 2. The molecule has 0 saturated heterocycles. The summed E-state index contributed by atoms with van der Waals surface area (Å²) in [5.41, 5.74) is 18.5. The molecule has 12 nitrogen and oxygen atoms in total. The largest absolute Gasteiger partial charge is 4.00 e. The van der Waals surface area contributed by atoms with Crippen LogP contribution >= 0.6 is 0 Å². The molecule has 0 amide bonds. The van der Waals surface area contributed by atoms with Crippen LogP contribution in [0.25, 0.3) is 0 Å². The predicted molar refractivity (Wildman–Crippen MR) is 335 cm³/mol. The molecule has 0 aliphatic carbocycles. The zero-order chi connectivity index (χ0) is 56.4. The van der Waals surface area contributed by atoms with Gasteiger partial charge in [-0.3, -0.25) is 0 Å². The summed E-state index contributed by atoms with van der Waals surface area (Å²) >= 11 is 0. The van der Waals surface area contributed by atoms with Crippen molar-refractivity contribution in [2.45, 2.75) is 27.7 Å². The molecule has 14 heteroatoms. The van der Waals surface area contributed by atoms with E-state index in [9.17, 15) is 0 Å². The van der Waals surface area contributed by atoms with E-state index in [2.05, 4.69) is 225 Å². The Labute approximate surface area is 530 Å². The summed E-state index contributed by atoms with van der Waals surface area (Å²) in [7, 11) is 0. The minimum absolute atomic E-state index is 0. The molecule has 0 unspecified atom stereocenters. The fourth-order valence-corrected chi connectivity index (χ4v) is 11.1. The van der Waals surface area contributed by atoms with Crippen molar-refractivity contribution in [2.75, 3.05) is 39.2 Å². The number of aryl methyl sites for hydroxylation is 4. The van der Waals surface area contributed by atoms with Gasteiger partial charge in [-0.25, -0.2) is 9.97 Å². The van der Waals surface area contributed by atoms with E-state index in [1.54, 1.807) is 0 Å². The maximum atomic E-state index is 6.56. The van der Waals surface area contributed by atoms with Gasteiger partial charge in [0.1, 0.15) is 11.6 Å². The Morgan fingerprint density at radius 3 is 0.884 bits per heavy atom. The Kier molecular flexibility index (Phi) is 15.1. The van der Waals surface area contributed by atoms with Gasteiger partial charge in [-0.05, 0) is 147 Å². The molecule has 0 radical (unpaired) electrons. The third-order valence-electron chi connectivity index (χ3n) is 15.6. The first-order valence-electron chi connectivity index (χ1n) is 27.8. The summed E-state index contributed by atoms with van der Waals surface area (Å²) in [6, 6.07) is 84.3. The van der Waals surface area contributed by atoms with Crippen molar-refractivity contribution in [1.82, 2.24) is 9.97 Å². The van der Waals surface area contributed by atoms with Gasteiger partial charge in [0.2, 0.25) is 0 Å². The van der Waals surface area contributed by atoms with E-state index in [4.69, 9.17) is 9.47 Å². The second-order valence-electron chi connectivity index (χ2n) is 20.9. The molecule has 0 spiro atoms. The van der Waals surface area contributed by atoms with Crippen molar-refractivity contribution in [1.29, 1.82) is 0 Å². The topological polar surface area (TPSA) is 70.2 Å². The Balaban J connectivity index is 0.00000343. The molecule has 15 rings (SSSR count). The normalized spacial score (nSPS) is 13.7. The fourth-order valence-electron chi connectivity index (χ4n) is 11.1. The fraction of sp³-hybridized carbons (Fsp3) is 0.0556. The molecule has 4 aliphatic rings. The molecule has 0 atom stereocenters. The monoisotopic (exact) mass is 1480 g/mol. The summed E-state index contributed by atoms with van der Waals surface area (Å²) < 4.78 is 13.1. The molecule has 422 valence electrons. The number of benzene rings is 9. The number of hydrogen-bond donors (Lipinski definition) is 0. The summed E-state index contributed by atoms with van der Waals surface area (Å²) in [6.07, 6.45) is 3.63. The maximum absolute atomic E-state index is 6.56. The average molecular weight is 1480 g/mol. The van der Waals surface area contributed by atoms with E-state index in [0.717, 1.165) is 91.3 Å². The van der Waals surface area contributed by atoms with Crippen LogP contribution in [-0.2, 0) is 42.1 Å². The van der Waals surface area contributed by atoms with Crippen molar-refractivity contribution >= 4 is 91.3 Å². The van der Waals surface area contributed by atoms with E-state index in [1.807, 2.05) is 122 Å². The molecule has 11 aromatic rings. The van der Waals surface area contributed by atoms with Crippen molar-refractivity contribution in [3.8, 4) is 23.0 Å². The molecule has 2 aromatic heterocycles. The number of anilines is 16. The zero-order valence-electron chi connectivity index (χ0n) is 47.0. The molecule has 9 aromatic carbocycles. The number of hydrogen-bond acceptors (Lipinski definition) is 12. The Morgan fingerprint density at radius 2 is 0.570 bits per heavy atom. The second kappa shape index (κ2) is 23.3. The standard InChI is InChI=1S/C72H52N10O2.2Pt/c1-49-37-67-69(39-51(49)3)81(71-29-9-11-35-73-71)47-79(67)57-19-15-23-61(43-57)83-59-21-13-17-55(41-59)77-45-75(63-25-5-7-27-65(63)77)53-31-33-54(34-32-53)76-46-78(66-28-8-6-26-64(66)76)56-18-14-22-60(42-56)84-62-24-16-20-58(44-62)80-48-82(72-30-10-12-36-74-72)70-40-52(4)50(2)38-68(70)80;;/h5-40,45-48H,1-4H3;;/q-8;2*+4. The zero-order valence-corrected chi connectivity index (χ0v) is 51.6. The maximum Gasteiger partial charge on any atom is 4.00 e. The summed E-state index contributed by atoms with van der Waals surface area (Å²) in [5.74, 6) is 3.97.